The van der Waals surface area contributed by atoms with Crippen molar-refractivity contribution < 1.29 is 0 Å². The standard InChI is InChI=1S/C14H12Br3N/c1-8-10(3-2-4-12(8)16)14(18)11-7-9(15)5-6-13(11)17/h2-7,14H,18H2,1H3. The first kappa shape index (κ1) is 14.3. The van der Waals surface area contributed by atoms with Crippen LogP contribution < -0.4 is 5.73 Å². The lowest BCUT2D eigenvalue weighted by atomic mass is 9.96. The summed E-state index contributed by atoms with van der Waals surface area (Å²) in [6.07, 6.45) is 0. The Morgan fingerprint density at radius 1 is 0.944 bits per heavy atom. The van der Waals surface area contributed by atoms with Crippen molar-refractivity contribution in [2.45, 2.75) is 13.0 Å². The van der Waals surface area contributed by atoms with Gasteiger partial charge in [-0.1, -0.05) is 59.9 Å². The minimum atomic E-state index is -0.144. The summed E-state index contributed by atoms with van der Waals surface area (Å²) in [5.41, 5.74) is 9.76. The second kappa shape index (κ2) is 5.87. The van der Waals surface area contributed by atoms with Crippen LogP contribution in [0.2, 0.25) is 0 Å². The zero-order valence-electron chi connectivity index (χ0n) is 9.75. The lowest BCUT2D eigenvalue weighted by Crippen LogP contribution is -2.14. The van der Waals surface area contributed by atoms with E-state index < -0.39 is 0 Å². The molecule has 4 heteroatoms. The van der Waals surface area contributed by atoms with Gasteiger partial charge in [0.2, 0.25) is 0 Å². The summed E-state index contributed by atoms with van der Waals surface area (Å²) in [6, 6.07) is 12.0. The Labute approximate surface area is 132 Å². The van der Waals surface area contributed by atoms with E-state index in [4.69, 9.17) is 5.73 Å². The van der Waals surface area contributed by atoms with Crippen LogP contribution in [-0.4, -0.2) is 0 Å². The first-order chi connectivity index (χ1) is 8.50. The van der Waals surface area contributed by atoms with Crippen molar-refractivity contribution in [2.24, 2.45) is 5.73 Å². The molecule has 1 unspecified atom stereocenters. The maximum atomic E-state index is 6.38. The molecule has 0 aromatic heterocycles. The number of nitrogens with two attached hydrogens (primary N) is 1. The highest BCUT2D eigenvalue weighted by Crippen LogP contribution is 2.32. The predicted molar refractivity (Wildman–Crippen MR) is 86.8 cm³/mol. The normalized spacial score (nSPS) is 12.5. The highest BCUT2D eigenvalue weighted by molar-refractivity contribution is 9.11. The molecule has 2 aromatic rings. The summed E-state index contributed by atoms with van der Waals surface area (Å²) in [4.78, 5) is 0. The van der Waals surface area contributed by atoms with Gasteiger partial charge >= 0.3 is 0 Å². The monoisotopic (exact) mass is 431 g/mol. The Morgan fingerprint density at radius 3 is 2.39 bits per heavy atom. The molecule has 0 saturated heterocycles. The van der Waals surface area contributed by atoms with Gasteiger partial charge in [0.25, 0.3) is 0 Å². The van der Waals surface area contributed by atoms with Crippen LogP contribution in [0.5, 0.6) is 0 Å². The van der Waals surface area contributed by atoms with Crippen molar-refractivity contribution in [2.75, 3.05) is 0 Å². The van der Waals surface area contributed by atoms with Gasteiger partial charge in [-0.2, -0.15) is 0 Å². The molecule has 0 aliphatic heterocycles. The van der Waals surface area contributed by atoms with E-state index in [1.54, 1.807) is 0 Å². The fourth-order valence-electron chi connectivity index (χ4n) is 1.88. The highest BCUT2D eigenvalue weighted by Gasteiger charge is 2.15. The number of hydrogen-bond acceptors (Lipinski definition) is 1. The summed E-state index contributed by atoms with van der Waals surface area (Å²) in [6.45, 7) is 2.07. The highest BCUT2D eigenvalue weighted by atomic mass is 79.9. The molecular weight excluding hydrogens is 422 g/mol. The second-order valence-corrected chi connectivity index (χ2v) is 6.72. The van der Waals surface area contributed by atoms with Crippen LogP contribution in [0.25, 0.3) is 0 Å². The van der Waals surface area contributed by atoms with Crippen LogP contribution in [0.1, 0.15) is 22.7 Å². The average Bonchev–Trinajstić information content (AvgIpc) is 2.35. The Bertz CT molecular complexity index is 579. The molecule has 1 nitrogen and oxygen atoms in total. The predicted octanol–water partition coefficient (Wildman–Crippen LogP) is 5.33. The van der Waals surface area contributed by atoms with Crippen LogP contribution in [0.15, 0.2) is 49.8 Å². The zero-order chi connectivity index (χ0) is 13.3. The van der Waals surface area contributed by atoms with Crippen molar-refractivity contribution in [3.8, 4) is 0 Å². The van der Waals surface area contributed by atoms with E-state index in [9.17, 15) is 0 Å². The van der Waals surface area contributed by atoms with Crippen LogP contribution in [-0.2, 0) is 0 Å². The molecule has 0 heterocycles. The largest absolute Gasteiger partial charge is 0.320 e. The molecule has 1 atom stereocenters. The summed E-state index contributed by atoms with van der Waals surface area (Å²) in [5.74, 6) is 0. The third kappa shape index (κ3) is 2.87. The topological polar surface area (TPSA) is 26.0 Å². The Hall–Kier alpha value is -0.160. The molecule has 18 heavy (non-hydrogen) atoms. The molecular formula is C14H12Br3N. The van der Waals surface area contributed by atoms with Gasteiger partial charge in [-0.05, 0) is 47.9 Å². The van der Waals surface area contributed by atoms with E-state index in [-0.39, 0.29) is 6.04 Å². The van der Waals surface area contributed by atoms with Gasteiger partial charge in [0.15, 0.2) is 0 Å². The molecule has 0 spiro atoms. The van der Waals surface area contributed by atoms with Crippen molar-refractivity contribution in [1.29, 1.82) is 0 Å². The van der Waals surface area contributed by atoms with E-state index in [1.807, 2.05) is 24.3 Å². The fourth-order valence-corrected chi connectivity index (χ4v) is 3.14. The fraction of sp³-hybridized carbons (Fsp3) is 0.143. The van der Waals surface area contributed by atoms with Crippen LogP contribution in [0.3, 0.4) is 0 Å². The minimum Gasteiger partial charge on any atom is -0.320 e. The van der Waals surface area contributed by atoms with E-state index in [0.29, 0.717) is 0 Å². The SMILES string of the molecule is Cc1c(Br)cccc1C(N)c1cc(Br)ccc1Br. The molecule has 0 radical (unpaired) electrons. The van der Waals surface area contributed by atoms with Crippen molar-refractivity contribution in [3.05, 3.63) is 66.5 Å². The van der Waals surface area contributed by atoms with Gasteiger partial charge in [-0.25, -0.2) is 0 Å². The molecule has 0 amide bonds. The molecule has 94 valence electrons. The molecule has 0 aliphatic rings. The zero-order valence-corrected chi connectivity index (χ0v) is 14.5. The van der Waals surface area contributed by atoms with Crippen molar-refractivity contribution >= 4 is 47.8 Å². The van der Waals surface area contributed by atoms with Gasteiger partial charge in [0.1, 0.15) is 0 Å². The van der Waals surface area contributed by atoms with Crippen LogP contribution in [0, 0.1) is 6.92 Å². The van der Waals surface area contributed by atoms with Gasteiger partial charge in [-0.15, -0.1) is 0 Å². The van der Waals surface area contributed by atoms with Crippen molar-refractivity contribution in [3.63, 3.8) is 0 Å². The van der Waals surface area contributed by atoms with E-state index in [1.165, 1.54) is 5.56 Å². The molecule has 0 saturated carbocycles. The first-order valence-corrected chi connectivity index (χ1v) is 7.84. The van der Waals surface area contributed by atoms with Gasteiger partial charge < -0.3 is 5.73 Å². The number of halogens is 3. The molecule has 2 aromatic carbocycles. The molecule has 0 aliphatic carbocycles. The van der Waals surface area contributed by atoms with E-state index in [0.717, 1.165) is 24.5 Å². The van der Waals surface area contributed by atoms with E-state index >= 15 is 0 Å². The maximum Gasteiger partial charge on any atom is 0.0566 e. The smallest absolute Gasteiger partial charge is 0.0566 e. The summed E-state index contributed by atoms with van der Waals surface area (Å²) < 4.78 is 3.14. The van der Waals surface area contributed by atoms with E-state index in [2.05, 4.69) is 66.8 Å². The first-order valence-electron chi connectivity index (χ1n) is 5.46. The molecule has 2 N–H and O–H groups in total. The quantitative estimate of drug-likeness (QED) is 0.680. The van der Waals surface area contributed by atoms with Crippen LogP contribution in [0.4, 0.5) is 0 Å². The van der Waals surface area contributed by atoms with Gasteiger partial charge in [0, 0.05) is 13.4 Å². The summed E-state index contributed by atoms with van der Waals surface area (Å²) >= 11 is 10.6. The Balaban J connectivity index is 2.51. The number of benzene rings is 2. The lowest BCUT2D eigenvalue weighted by molar-refractivity contribution is 0.854. The van der Waals surface area contributed by atoms with Crippen LogP contribution >= 0.6 is 47.8 Å². The third-order valence-electron chi connectivity index (χ3n) is 2.94. The molecule has 0 fully saturated rings. The Morgan fingerprint density at radius 2 is 1.67 bits per heavy atom. The third-order valence-corrected chi connectivity index (χ3v) is 5.01. The average molecular weight is 434 g/mol. The van der Waals surface area contributed by atoms with Crippen molar-refractivity contribution in [1.82, 2.24) is 0 Å². The summed E-state index contributed by atoms with van der Waals surface area (Å²) in [7, 11) is 0. The van der Waals surface area contributed by atoms with Gasteiger partial charge in [-0.3, -0.25) is 0 Å². The minimum absolute atomic E-state index is 0.144. The number of rotatable bonds is 2. The lowest BCUT2D eigenvalue weighted by Gasteiger charge is -2.18. The Kier molecular flexibility index (Phi) is 4.64. The molecule has 0 bridgehead atoms. The maximum absolute atomic E-state index is 6.38. The van der Waals surface area contributed by atoms with Gasteiger partial charge in [0.05, 0.1) is 6.04 Å². The summed E-state index contributed by atoms with van der Waals surface area (Å²) in [5, 5.41) is 0. The number of hydrogen-bond donors (Lipinski definition) is 1. The molecule has 2 rings (SSSR count). The second-order valence-electron chi connectivity index (χ2n) is 4.10.